The zero-order chi connectivity index (χ0) is 36.0. The first kappa shape index (κ1) is 35.0. The Bertz CT molecular complexity index is 1710. The van der Waals surface area contributed by atoms with Crippen LogP contribution in [0.2, 0.25) is 0 Å². The molecular formula is C37H44N2O12. The van der Waals surface area contributed by atoms with Crippen molar-refractivity contribution in [2.24, 2.45) is 11.8 Å². The predicted molar refractivity (Wildman–Crippen MR) is 178 cm³/mol. The van der Waals surface area contributed by atoms with Gasteiger partial charge in [-0.25, -0.2) is 0 Å². The van der Waals surface area contributed by atoms with Crippen LogP contribution in [0.15, 0.2) is 24.3 Å². The summed E-state index contributed by atoms with van der Waals surface area (Å²) < 4.78 is 46.2. The molecule has 7 rings (SSSR count). The van der Waals surface area contributed by atoms with Gasteiger partial charge in [0.1, 0.15) is 18.8 Å². The number of rotatable bonds is 10. The Hall–Kier alpha value is -4.40. The van der Waals surface area contributed by atoms with E-state index in [0.717, 1.165) is 25.2 Å². The second-order valence-corrected chi connectivity index (χ2v) is 13.7. The van der Waals surface area contributed by atoms with Crippen LogP contribution < -0.4 is 18.9 Å². The number of methoxy groups -OCH3 is 1. The van der Waals surface area contributed by atoms with Gasteiger partial charge in [0.15, 0.2) is 28.8 Å². The summed E-state index contributed by atoms with van der Waals surface area (Å²) in [5.41, 5.74) is 2.11. The molecule has 14 heteroatoms. The Morgan fingerprint density at radius 3 is 2.33 bits per heavy atom. The van der Waals surface area contributed by atoms with Gasteiger partial charge >= 0.3 is 11.9 Å². The van der Waals surface area contributed by atoms with Crippen LogP contribution in [0.3, 0.4) is 0 Å². The summed E-state index contributed by atoms with van der Waals surface area (Å²) in [5.74, 6) is -0.950. The van der Waals surface area contributed by atoms with Crippen molar-refractivity contribution in [1.82, 2.24) is 9.80 Å². The van der Waals surface area contributed by atoms with E-state index in [1.54, 1.807) is 18.2 Å². The Morgan fingerprint density at radius 1 is 0.882 bits per heavy atom. The average Bonchev–Trinajstić information content (AvgIpc) is 3.69. The van der Waals surface area contributed by atoms with E-state index >= 15 is 0 Å². The number of carbonyl (C=O) groups is 4. The van der Waals surface area contributed by atoms with Crippen LogP contribution in [0.5, 0.6) is 23.0 Å². The van der Waals surface area contributed by atoms with Gasteiger partial charge in [-0.1, -0.05) is 13.8 Å². The molecule has 2 aromatic carbocycles. The quantitative estimate of drug-likeness (QED) is 0.332. The number of hydrogen-bond donors (Lipinski definition) is 0. The fraction of sp³-hybridized carbons (Fsp3) is 0.568. The summed E-state index contributed by atoms with van der Waals surface area (Å²) in [4.78, 5) is 56.6. The number of fused-ring (bicyclic) bond motifs is 6. The molecule has 2 saturated heterocycles. The summed E-state index contributed by atoms with van der Waals surface area (Å²) in [6, 6.07) is 6.33. The summed E-state index contributed by atoms with van der Waals surface area (Å²) in [7, 11) is 1.48. The summed E-state index contributed by atoms with van der Waals surface area (Å²) in [5, 5.41) is 0. The van der Waals surface area contributed by atoms with Crippen molar-refractivity contribution in [3.05, 3.63) is 46.5 Å². The molecule has 0 radical (unpaired) electrons. The third kappa shape index (κ3) is 6.60. The maximum absolute atomic E-state index is 14.5. The topological polar surface area (TPSA) is 149 Å². The molecular weight excluding hydrogens is 664 g/mol. The normalized spacial score (nSPS) is 28.1. The van der Waals surface area contributed by atoms with Crippen LogP contribution in [-0.4, -0.2) is 112 Å². The Balaban J connectivity index is 1.22. The first-order valence-corrected chi connectivity index (χ1v) is 17.5. The van der Waals surface area contributed by atoms with Gasteiger partial charge in [-0.3, -0.25) is 24.1 Å². The van der Waals surface area contributed by atoms with E-state index in [1.165, 1.54) is 21.0 Å². The molecule has 51 heavy (non-hydrogen) atoms. The van der Waals surface area contributed by atoms with Crippen LogP contribution in [0.4, 0.5) is 0 Å². The number of carbonyl (C=O) groups excluding carboxylic acids is 4. The van der Waals surface area contributed by atoms with Crippen molar-refractivity contribution in [3.63, 3.8) is 0 Å². The van der Waals surface area contributed by atoms with Crippen LogP contribution in [0.1, 0.15) is 77.9 Å². The molecule has 2 unspecified atom stereocenters. The fourth-order valence-corrected chi connectivity index (χ4v) is 7.87. The van der Waals surface area contributed by atoms with Crippen molar-refractivity contribution < 1.29 is 57.1 Å². The largest absolute Gasteiger partial charge is 0.493 e. The van der Waals surface area contributed by atoms with Gasteiger partial charge in [0.25, 0.3) is 5.91 Å². The Morgan fingerprint density at radius 2 is 1.63 bits per heavy atom. The van der Waals surface area contributed by atoms with Crippen molar-refractivity contribution in [2.45, 2.75) is 64.6 Å². The fourth-order valence-electron chi connectivity index (χ4n) is 7.87. The maximum Gasteiger partial charge on any atom is 0.303 e. The third-order valence-electron chi connectivity index (χ3n) is 10.7. The number of nitrogens with zero attached hydrogens (tertiary/aromatic N) is 2. The number of benzene rings is 2. The highest BCUT2D eigenvalue weighted by Crippen LogP contribution is 2.54. The van der Waals surface area contributed by atoms with Gasteiger partial charge in [-0.15, -0.1) is 0 Å². The zero-order valence-corrected chi connectivity index (χ0v) is 29.5. The Kier molecular flexibility index (Phi) is 9.83. The van der Waals surface area contributed by atoms with Crippen LogP contribution in [0.25, 0.3) is 0 Å². The monoisotopic (exact) mass is 708 g/mol. The minimum Gasteiger partial charge on any atom is -0.493 e. The van der Waals surface area contributed by atoms with Crippen molar-refractivity contribution in [3.8, 4) is 23.0 Å². The molecule has 1 aliphatic carbocycles. The van der Waals surface area contributed by atoms with E-state index in [0.29, 0.717) is 60.1 Å². The second-order valence-electron chi connectivity index (χ2n) is 13.7. The SMILES string of the molecule is COc1cc2c(cc1O[C@@H]1O[C@H](COC(C)=O)[C@H](OC(C)=O)[C@H](C)[C@H]1C)C1C(=O)c3cc4c(cc3C1N(CCCN1CCOCC1)C2=O)OCO4. The number of ether oxygens (including phenoxy) is 8. The lowest BCUT2D eigenvalue weighted by atomic mass is 9.82. The molecule has 0 bridgehead atoms. The lowest BCUT2D eigenvalue weighted by molar-refractivity contribution is -0.248. The molecule has 0 saturated carbocycles. The van der Waals surface area contributed by atoms with Crippen molar-refractivity contribution >= 4 is 23.6 Å². The summed E-state index contributed by atoms with van der Waals surface area (Å²) >= 11 is 0. The van der Waals surface area contributed by atoms with E-state index in [-0.39, 0.29) is 42.7 Å². The first-order valence-electron chi connectivity index (χ1n) is 17.5. The highest BCUT2D eigenvalue weighted by Gasteiger charge is 2.52. The minimum atomic E-state index is -0.875. The summed E-state index contributed by atoms with van der Waals surface area (Å²) in [6.07, 6.45) is -1.64. The molecule has 2 aromatic rings. The van der Waals surface area contributed by atoms with Crippen molar-refractivity contribution in [1.29, 1.82) is 0 Å². The smallest absolute Gasteiger partial charge is 0.303 e. The highest BCUT2D eigenvalue weighted by molar-refractivity contribution is 6.11. The molecule has 2 fully saturated rings. The molecule has 7 atom stereocenters. The molecule has 274 valence electrons. The number of esters is 2. The lowest BCUT2D eigenvalue weighted by Gasteiger charge is -2.43. The van der Waals surface area contributed by atoms with E-state index in [1.807, 2.05) is 24.8 Å². The lowest BCUT2D eigenvalue weighted by Crippen LogP contribution is -2.54. The standard InChI is InChI=1S/C37H44N2O12/c1-19-20(2)37(51-31(17-46-21(3)40)35(19)49-22(4)41)50-30-13-23-26(16-27(30)44-5)36(43)39(8-6-7-38-9-11-45-12-10-38)33-24-14-28-29(48-18-47-28)15-25(24)34(42)32(23)33/h13-16,19-20,31-33,35,37H,6-12,17-18H2,1-5H3/t19-,20-,31-,32?,33?,35-,37-/m1/s1. The second kappa shape index (κ2) is 14.3. The highest BCUT2D eigenvalue weighted by atomic mass is 16.7. The molecule has 5 aliphatic rings. The van der Waals surface area contributed by atoms with E-state index in [9.17, 15) is 19.2 Å². The molecule has 4 heterocycles. The first-order chi connectivity index (χ1) is 24.5. The average molecular weight is 709 g/mol. The molecule has 0 aromatic heterocycles. The van der Waals surface area contributed by atoms with Crippen molar-refractivity contribution in [2.75, 3.05) is 59.9 Å². The Labute approximate surface area is 296 Å². The zero-order valence-electron chi connectivity index (χ0n) is 29.5. The molecule has 1 amide bonds. The summed E-state index contributed by atoms with van der Waals surface area (Å²) in [6.45, 7) is 10.6. The van der Waals surface area contributed by atoms with E-state index < -0.39 is 42.4 Å². The minimum absolute atomic E-state index is 0.0651. The molecule has 0 spiro atoms. The van der Waals surface area contributed by atoms with Gasteiger partial charge in [-0.2, -0.15) is 0 Å². The predicted octanol–water partition coefficient (Wildman–Crippen LogP) is 3.49. The third-order valence-corrected chi connectivity index (χ3v) is 10.7. The van der Waals surface area contributed by atoms with Gasteiger partial charge in [0, 0.05) is 63.0 Å². The molecule has 0 N–H and O–H groups in total. The van der Waals surface area contributed by atoms with Gasteiger partial charge in [-0.05, 0) is 41.8 Å². The number of Topliss-reactive ketones (excluding diaryl/α,β-unsaturated/α-hetero) is 1. The molecule has 14 nitrogen and oxygen atoms in total. The number of amides is 1. The van der Waals surface area contributed by atoms with Crippen LogP contribution in [0, 0.1) is 11.8 Å². The van der Waals surface area contributed by atoms with Gasteiger partial charge in [0.2, 0.25) is 13.1 Å². The number of hydrogen-bond acceptors (Lipinski definition) is 13. The number of morpholine rings is 1. The van der Waals surface area contributed by atoms with E-state index in [2.05, 4.69) is 4.90 Å². The van der Waals surface area contributed by atoms with Crippen LogP contribution in [-0.2, 0) is 28.5 Å². The van der Waals surface area contributed by atoms with Crippen LogP contribution >= 0.6 is 0 Å². The van der Waals surface area contributed by atoms with Gasteiger partial charge < -0.3 is 42.8 Å². The van der Waals surface area contributed by atoms with E-state index in [4.69, 9.17) is 37.9 Å². The number of ketones is 1. The molecule has 4 aliphatic heterocycles. The van der Waals surface area contributed by atoms with Gasteiger partial charge in [0.05, 0.1) is 32.3 Å². The maximum atomic E-state index is 14.5.